The molecule has 0 heterocycles. The molecule has 0 spiro atoms. The highest BCUT2D eigenvalue weighted by molar-refractivity contribution is 5.85. The van der Waals surface area contributed by atoms with E-state index in [-0.39, 0.29) is 18.5 Å². The van der Waals surface area contributed by atoms with Gasteiger partial charge in [0.25, 0.3) is 0 Å². The van der Waals surface area contributed by atoms with Crippen LogP contribution in [0.25, 0.3) is 0 Å². The van der Waals surface area contributed by atoms with Crippen LogP contribution in [0.5, 0.6) is 11.5 Å². The average molecular weight is 276 g/mol. The maximum Gasteiger partial charge on any atom is 0.160 e. The monoisotopic (exact) mass is 275 g/mol. The molecule has 0 aliphatic rings. The summed E-state index contributed by atoms with van der Waals surface area (Å²) in [5.41, 5.74) is 1.18. The first-order chi connectivity index (χ1) is 8.17. The van der Waals surface area contributed by atoms with E-state index in [4.69, 9.17) is 14.6 Å². The molecular weight excluding hydrogens is 254 g/mol. The van der Waals surface area contributed by atoms with Crippen molar-refractivity contribution in [3.8, 4) is 11.5 Å². The molecule has 2 N–H and O–H groups in total. The summed E-state index contributed by atoms with van der Waals surface area (Å²) in [5.74, 6) is 1.49. The van der Waals surface area contributed by atoms with E-state index in [9.17, 15) is 0 Å². The molecule has 1 aromatic carbocycles. The largest absolute Gasteiger partial charge is 0.493 e. The van der Waals surface area contributed by atoms with Crippen molar-refractivity contribution >= 4 is 12.4 Å². The van der Waals surface area contributed by atoms with Gasteiger partial charge < -0.3 is 19.9 Å². The topological polar surface area (TPSA) is 50.7 Å². The number of hydrogen-bond donors (Lipinski definition) is 2. The van der Waals surface area contributed by atoms with Crippen molar-refractivity contribution in [1.82, 2.24) is 5.32 Å². The van der Waals surface area contributed by atoms with Gasteiger partial charge in [0, 0.05) is 6.54 Å². The highest BCUT2D eigenvalue weighted by Gasteiger charge is 2.04. The Labute approximate surface area is 115 Å². The van der Waals surface area contributed by atoms with Crippen LogP contribution >= 0.6 is 12.4 Å². The van der Waals surface area contributed by atoms with Crippen molar-refractivity contribution in [2.75, 3.05) is 27.3 Å². The third-order valence-electron chi connectivity index (χ3n) is 2.48. The molecule has 0 saturated heterocycles. The van der Waals surface area contributed by atoms with E-state index in [2.05, 4.69) is 5.32 Å². The number of nitrogens with one attached hydrogen (secondary N) is 1. The molecular formula is C13H22ClNO3. The maximum atomic E-state index is 9.10. The Hall–Kier alpha value is -0.970. The van der Waals surface area contributed by atoms with E-state index in [0.29, 0.717) is 6.54 Å². The van der Waals surface area contributed by atoms with Crippen molar-refractivity contribution in [3.05, 3.63) is 23.8 Å². The molecule has 5 heteroatoms. The fourth-order valence-corrected chi connectivity index (χ4v) is 1.58. The van der Waals surface area contributed by atoms with Crippen LogP contribution in [0.1, 0.15) is 12.5 Å². The SMILES string of the molecule is COc1ccc(CCNCC(C)O)cc1OC.Cl. The minimum absolute atomic E-state index is 0. The normalized spacial score (nSPS) is 11.6. The standard InChI is InChI=1S/C13H21NO3.ClH/c1-10(15)9-14-7-6-11-4-5-12(16-2)13(8-11)17-3;/h4-5,8,10,14-15H,6-7,9H2,1-3H3;1H. The smallest absolute Gasteiger partial charge is 0.160 e. The lowest BCUT2D eigenvalue weighted by molar-refractivity contribution is 0.191. The molecule has 1 atom stereocenters. The number of benzene rings is 1. The maximum absolute atomic E-state index is 9.10. The minimum atomic E-state index is -0.305. The van der Waals surface area contributed by atoms with Crippen LogP contribution in [0.15, 0.2) is 18.2 Å². The Kier molecular flexibility index (Phi) is 8.54. The number of rotatable bonds is 7. The zero-order chi connectivity index (χ0) is 12.7. The number of halogens is 1. The summed E-state index contributed by atoms with van der Waals surface area (Å²) < 4.78 is 10.4. The van der Waals surface area contributed by atoms with Crippen LogP contribution in [0.3, 0.4) is 0 Å². The third kappa shape index (κ3) is 5.58. The first kappa shape index (κ1) is 17.0. The van der Waals surface area contributed by atoms with Gasteiger partial charge in [-0.1, -0.05) is 6.07 Å². The molecule has 0 amide bonds. The number of methoxy groups -OCH3 is 2. The fourth-order valence-electron chi connectivity index (χ4n) is 1.58. The first-order valence-corrected chi connectivity index (χ1v) is 5.77. The van der Waals surface area contributed by atoms with Gasteiger partial charge in [-0.2, -0.15) is 0 Å². The molecule has 0 radical (unpaired) electrons. The Morgan fingerprint density at radius 2 is 1.89 bits per heavy atom. The molecule has 1 unspecified atom stereocenters. The lowest BCUT2D eigenvalue weighted by Crippen LogP contribution is -2.26. The number of aliphatic hydroxyl groups excluding tert-OH is 1. The summed E-state index contributed by atoms with van der Waals surface area (Å²) in [6.45, 7) is 3.22. The highest BCUT2D eigenvalue weighted by Crippen LogP contribution is 2.27. The van der Waals surface area contributed by atoms with E-state index in [1.807, 2.05) is 18.2 Å². The molecule has 1 aromatic rings. The summed E-state index contributed by atoms with van der Waals surface area (Å²) >= 11 is 0. The summed E-state index contributed by atoms with van der Waals surface area (Å²) in [6.07, 6.45) is 0.591. The van der Waals surface area contributed by atoms with E-state index in [1.165, 1.54) is 5.56 Å². The van der Waals surface area contributed by atoms with Gasteiger partial charge in [-0.25, -0.2) is 0 Å². The van der Waals surface area contributed by atoms with Crippen LogP contribution in [0.4, 0.5) is 0 Å². The van der Waals surface area contributed by atoms with Crippen LogP contribution in [-0.2, 0) is 6.42 Å². The molecule has 0 fully saturated rings. The quantitative estimate of drug-likeness (QED) is 0.743. The molecule has 104 valence electrons. The van der Waals surface area contributed by atoms with Crippen LogP contribution in [-0.4, -0.2) is 38.5 Å². The lowest BCUT2D eigenvalue weighted by Gasteiger charge is -2.10. The van der Waals surface area contributed by atoms with Crippen molar-refractivity contribution in [3.63, 3.8) is 0 Å². The number of ether oxygens (including phenoxy) is 2. The van der Waals surface area contributed by atoms with Crippen molar-refractivity contribution in [2.45, 2.75) is 19.4 Å². The molecule has 0 aliphatic carbocycles. The van der Waals surface area contributed by atoms with Gasteiger partial charge in [0.1, 0.15) is 0 Å². The van der Waals surface area contributed by atoms with E-state index in [0.717, 1.165) is 24.5 Å². The van der Waals surface area contributed by atoms with Crippen molar-refractivity contribution in [1.29, 1.82) is 0 Å². The second kappa shape index (κ2) is 9.03. The van der Waals surface area contributed by atoms with E-state index < -0.39 is 0 Å². The van der Waals surface area contributed by atoms with Crippen molar-refractivity contribution < 1.29 is 14.6 Å². The average Bonchev–Trinajstić information content (AvgIpc) is 2.34. The van der Waals surface area contributed by atoms with E-state index >= 15 is 0 Å². The minimum Gasteiger partial charge on any atom is -0.493 e. The van der Waals surface area contributed by atoms with Gasteiger partial charge in [0.05, 0.1) is 20.3 Å². The molecule has 1 rings (SSSR count). The van der Waals surface area contributed by atoms with Gasteiger partial charge in [-0.15, -0.1) is 12.4 Å². The van der Waals surface area contributed by atoms with Gasteiger partial charge in [-0.05, 0) is 37.6 Å². The molecule has 0 aromatic heterocycles. The van der Waals surface area contributed by atoms with Gasteiger partial charge in [0.15, 0.2) is 11.5 Å². The molecule has 18 heavy (non-hydrogen) atoms. The Morgan fingerprint density at radius 1 is 1.22 bits per heavy atom. The fraction of sp³-hybridized carbons (Fsp3) is 0.538. The van der Waals surface area contributed by atoms with Crippen LogP contribution in [0.2, 0.25) is 0 Å². The predicted octanol–water partition coefficient (Wildman–Crippen LogP) is 1.64. The second-order valence-electron chi connectivity index (χ2n) is 3.99. The van der Waals surface area contributed by atoms with Gasteiger partial charge in [-0.3, -0.25) is 0 Å². The molecule has 0 aliphatic heterocycles. The Balaban J connectivity index is 0.00000289. The first-order valence-electron chi connectivity index (χ1n) is 5.77. The molecule has 0 bridgehead atoms. The van der Waals surface area contributed by atoms with Crippen molar-refractivity contribution in [2.24, 2.45) is 0 Å². The van der Waals surface area contributed by atoms with Crippen LogP contribution < -0.4 is 14.8 Å². The predicted molar refractivity (Wildman–Crippen MR) is 75.0 cm³/mol. The summed E-state index contributed by atoms with van der Waals surface area (Å²) in [5, 5.41) is 12.3. The van der Waals surface area contributed by atoms with E-state index in [1.54, 1.807) is 21.1 Å². The number of aliphatic hydroxyl groups is 1. The second-order valence-corrected chi connectivity index (χ2v) is 3.99. The zero-order valence-corrected chi connectivity index (χ0v) is 11.9. The van der Waals surface area contributed by atoms with Gasteiger partial charge in [0.2, 0.25) is 0 Å². The zero-order valence-electron chi connectivity index (χ0n) is 11.1. The van der Waals surface area contributed by atoms with Crippen LogP contribution in [0, 0.1) is 0 Å². The molecule has 0 saturated carbocycles. The summed E-state index contributed by atoms with van der Waals surface area (Å²) in [7, 11) is 3.26. The number of hydrogen-bond acceptors (Lipinski definition) is 4. The highest BCUT2D eigenvalue weighted by atomic mass is 35.5. The van der Waals surface area contributed by atoms with Gasteiger partial charge >= 0.3 is 0 Å². The summed E-state index contributed by atoms with van der Waals surface area (Å²) in [6, 6.07) is 5.90. The lowest BCUT2D eigenvalue weighted by atomic mass is 10.1. The third-order valence-corrected chi connectivity index (χ3v) is 2.48. The summed E-state index contributed by atoms with van der Waals surface area (Å²) in [4.78, 5) is 0. The Morgan fingerprint density at radius 3 is 2.44 bits per heavy atom. The Bertz CT molecular complexity index is 345. The molecule has 4 nitrogen and oxygen atoms in total.